The van der Waals surface area contributed by atoms with Gasteiger partial charge >= 0.3 is 0 Å². The Morgan fingerprint density at radius 1 is 1.06 bits per heavy atom. The summed E-state index contributed by atoms with van der Waals surface area (Å²) in [5.41, 5.74) is 1.18. The lowest BCUT2D eigenvalue weighted by Crippen LogP contribution is -2.41. The highest BCUT2D eigenvalue weighted by Gasteiger charge is 2.25. The van der Waals surface area contributed by atoms with Gasteiger partial charge in [-0.3, -0.25) is 9.59 Å². The number of ether oxygens (including phenoxy) is 2. The van der Waals surface area contributed by atoms with Gasteiger partial charge in [0.05, 0.1) is 24.2 Å². The van der Waals surface area contributed by atoms with Gasteiger partial charge in [-0.15, -0.1) is 0 Å². The van der Waals surface area contributed by atoms with Crippen LogP contribution in [0.25, 0.3) is 0 Å². The highest BCUT2D eigenvalue weighted by molar-refractivity contribution is 7.89. The summed E-state index contributed by atoms with van der Waals surface area (Å²) in [7, 11) is -3.97. The summed E-state index contributed by atoms with van der Waals surface area (Å²) in [5, 5.41) is 2.70. The number of sulfonamides is 1. The molecule has 1 fully saturated rings. The van der Waals surface area contributed by atoms with Gasteiger partial charge in [0, 0.05) is 36.8 Å². The van der Waals surface area contributed by atoms with E-state index in [4.69, 9.17) is 9.47 Å². The van der Waals surface area contributed by atoms with Crippen molar-refractivity contribution in [2.45, 2.75) is 37.1 Å². The Bertz CT molecular complexity index is 1130. The third-order valence-corrected chi connectivity index (χ3v) is 6.79. The smallest absolute Gasteiger partial charge is 0.242 e. The lowest BCUT2D eigenvalue weighted by molar-refractivity contribution is -0.117. The number of benzene rings is 2. The molecule has 1 unspecified atom stereocenters. The van der Waals surface area contributed by atoms with E-state index in [1.54, 1.807) is 35.2 Å². The standard InChI is InChI=1S/C22H25N3O6S/c1-15(22(27)23-16-5-2-6-17(13-16)25-10-3-7-21(25)26)24-32(28,29)18-8-9-19-20(14-18)31-12-4-11-30-19/h2,5-6,8-9,13-15,24H,3-4,7,10-12H2,1H3,(H,23,27). The number of hydrogen-bond acceptors (Lipinski definition) is 6. The highest BCUT2D eigenvalue weighted by Crippen LogP contribution is 2.32. The van der Waals surface area contributed by atoms with E-state index in [2.05, 4.69) is 10.0 Å². The zero-order chi connectivity index (χ0) is 22.7. The molecule has 9 nitrogen and oxygen atoms in total. The number of amides is 2. The monoisotopic (exact) mass is 459 g/mol. The molecule has 2 aromatic rings. The normalized spacial score (nSPS) is 17.0. The Kier molecular flexibility index (Phi) is 6.33. The third-order valence-electron chi connectivity index (χ3n) is 5.25. The largest absolute Gasteiger partial charge is 0.490 e. The van der Waals surface area contributed by atoms with Crippen LogP contribution >= 0.6 is 0 Å². The Labute approximate surface area is 186 Å². The molecule has 170 valence electrons. The van der Waals surface area contributed by atoms with Crippen LogP contribution in [0.2, 0.25) is 0 Å². The Morgan fingerprint density at radius 2 is 1.84 bits per heavy atom. The van der Waals surface area contributed by atoms with Crippen LogP contribution in [-0.4, -0.2) is 46.0 Å². The second kappa shape index (κ2) is 9.17. The van der Waals surface area contributed by atoms with E-state index in [9.17, 15) is 18.0 Å². The minimum Gasteiger partial charge on any atom is -0.490 e. The number of anilines is 2. The molecule has 0 spiro atoms. The van der Waals surface area contributed by atoms with Crippen LogP contribution < -0.4 is 24.4 Å². The van der Waals surface area contributed by atoms with Gasteiger partial charge in [0.25, 0.3) is 0 Å². The van der Waals surface area contributed by atoms with Gasteiger partial charge < -0.3 is 19.7 Å². The predicted octanol–water partition coefficient (Wildman–Crippen LogP) is 2.28. The Morgan fingerprint density at radius 3 is 2.59 bits per heavy atom. The summed E-state index contributed by atoms with van der Waals surface area (Å²) in [6, 6.07) is 10.2. The fraction of sp³-hybridized carbons (Fsp3) is 0.364. The van der Waals surface area contributed by atoms with Gasteiger partial charge in [-0.05, 0) is 43.7 Å². The maximum Gasteiger partial charge on any atom is 0.242 e. The van der Waals surface area contributed by atoms with Crippen LogP contribution in [-0.2, 0) is 19.6 Å². The number of fused-ring (bicyclic) bond motifs is 1. The van der Waals surface area contributed by atoms with Crippen LogP contribution in [0.5, 0.6) is 11.5 Å². The second-order valence-electron chi connectivity index (χ2n) is 7.69. The molecule has 2 heterocycles. The fourth-order valence-corrected chi connectivity index (χ4v) is 4.81. The number of rotatable bonds is 6. The van der Waals surface area contributed by atoms with Crippen LogP contribution in [0, 0.1) is 0 Å². The molecule has 0 radical (unpaired) electrons. The predicted molar refractivity (Wildman–Crippen MR) is 118 cm³/mol. The summed E-state index contributed by atoms with van der Waals surface area (Å²) >= 11 is 0. The first-order chi connectivity index (χ1) is 15.3. The zero-order valence-electron chi connectivity index (χ0n) is 17.7. The molecule has 32 heavy (non-hydrogen) atoms. The molecule has 2 amide bonds. The molecule has 0 saturated carbocycles. The van der Waals surface area contributed by atoms with Gasteiger partial charge in [0.15, 0.2) is 11.5 Å². The summed E-state index contributed by atoms with van der Waals surface area (Å²) in [6.07, 6.45) is 2.02. The molecule has 1 saturated heterocycles. The summed E-state index contributed by atoms with van der Waals surface area (Å²) in [4.78, 5) is 26.2. The summed E-state index contributed by atoms with van der Waals surface area (Å²) in [6.45, 7) is 3.04. The highest BCUT2D eigenvalue weighted by atomic mass is 32.2. The van der Waals surface area contributed by atoms with Crippen molar-refractivity contribution in [3.05, 3.63) is 42.5 Å². The Hall–Kier alpha value is -3.11. The van der Waals surface area contributed by atoms with E-state index >= 15 is 0 Å². The summed E-state index contributed by atoms with van der Waals surface area (Å²) < 4.78 is 39.1. The number of nitrogens with one attached hydrogen (secondary N) is 2. The number of nitrogens with zero attached hydrogens (tertiary/aromatic N) is 1. The van der Waals surface area contributed by atoms with Crippen LogP contribution in [0.15, 0.2) is 47.4 Å². The molecule has 10 heteroatoms. The average molecular weight is 460 g/mol. The number of carbonyl (C=O) groups is 2. The summed E-state index contributed by atoms with van der Waals surface area (Å²) in [5.74, 6) is 0.372. The van der Waals surface area contributed by atoms with Crippen molar-refractivity contribution >= 4 is 33.2 Å². The minimum atomic E-state index is -3.97. The first-order valence-corrected chi connectivity index (χ1v) is 11.9. The van der Waals surface area contributed by atoms with Crippen molar-refractivity contribution in [1.29, 1.82) is 0 Å². The maximum atomic E-state index is 12.8. The minimum absolute atomic E-state index is 0.0176. The van der Waals surface area contributed by atoms with Gasteiger partial charge in [0.2, 0.25) is 21.8 Å². The molecule has 1 atom stereocenters. The van der Waals surface area contributed by atoms with Gasteiger partial charge in [-0.2, -0.15) is 4.72 Å². The first kappa shape index (κ1) is 22.1. The van der Waals surface area contributed by atoms with E-state index in [0.717, 1.165) is 6.42 Å². The lowest BCUT2D eigenvalue weighted by atomic mass is 10.2. The van der Waals surface area contributed by atoms with Crippen molar-refractivity contribution in [2.24, 2.45) is 0 Å². The third kappa shape index (κ3) is 4.86. The molecule has 2 aromatic carbocycles. The van der Waals surface area contributed by atoms with E-state index < -0.39 is 22.0 Å². The van der Waals surface area contributed by atoms with E-state index in [-0.39, 0.29) is 10.8 Å². The van der Waals surface area contributed by atoms with Gasteiger partial charge in [-0.1, -0.05) is 6.07 Å². The van der Waals surface area contributed by atoms with E-state index in [1.807, 2.05) is 0 Å². The molecule has 0 bridgehead atoms. The molecule has 2 aliphatic heterocycles. The first-order valence-electron chi connectivity index (χ1n) is 10.5. The second-order valence-corrected chi connectivity index (χ2v) is 9.40. The van der Waals surface area contributed by atoms with E-state index in [0.29, 0.717) is 55.5 Å². The van der Waals surface area contributed by atoms with Crippen molar-refractivity contribution in [3.63, 3.8) is 0 Å². The fourth-order valence-electron chi connectivity index (χ4n) is 3.59. The molecule has 2 N–H and O–H groups in total. The van der Waals surface area contributed by atoms with Gasteiger partial charge in [-0.25, -0.2) is 8.42 Å². The van der Waals surface area contributed by atoms with Crippen LogP contribution in [0.4, 0.5) is 11.4 Å². The molecule has 0 aromatic heterocycles. The Balaban J connectivity index is 1.43. The van der Waals surface area contributed by atoms with Crippen LogP contribution in [0.1, 0.15) is 26.2 Å². The zero-order valence-corrected chi connectivity index (χ0v) is 18.5. The number of hydrogen-bond donors (Lipinski definition) is 2. The molecule has 2 aliphatic rings. The van der Waals surface area contributed by atoms with E-state index in [1.165, 1.54) is 19.1 Å². The van der Waals surface area contributed by atoms with Crippen LogP contribution in [0.3, 0.4) is 0 Å². The average Bonchev–Trinajstić information content (AvgIpc) is 3.05. The SMILES string of the molecule is CC(NS(=O)(=O)c1ccc2c(c1)OCCCO2)C(=O)Nc1cccc(N2CCCC2=O)c1. The molecule has 0 aliphatic carbocycles. The van der Waals surface area contributed by atoms with Crippen molar-refractivity contribution in [2.75, 3.05) is 30.0 Å². The molecular weight excluding hydrogens is 434 g/mol. The topological polar surface area (TPSA) is 114 Å². The maximum absolute atomic E-state index is 12.8. The van der Waals surface area contributed by atoms with Gasteiger partial charge in [0.1, 0.15) is 0 Å². The molecular formula is C22H25N3O6S. The lowest BCUT2D eigenvalue weighted by Gasteiger charge is -2.18. The molecule has 4 rings (SSSR count). The van der Waals surface area contributed by atoms with Crippen molar-refractivity contribution in [3.8, 4) is 11.5 Å². The quantitative estimate of drug-likeness (QED) is 0.685. The van der Waals surface area contributed by atoms with Crippen molar-refractivity contribution in [1.82, 2.24) is 4.72 Å². The van der Waals surface area contributed by atoms with Crippen molar-refractivity contribution < 1.29 is 27.5 Å². The number of carbonyl (C=O) groups excluding carboxylic acids is 2.